The van der Waals surface area contributed by atoms with Crippen molar-refractivity contribution >= 4 is 28.9 Å². The van der Waals surface area contributed by atoms with E-state index in [0.717, 1.165) is 11.3 Å². The quantitative estimate of drug-likeness (QED) is 0.933. The number of benzene rings is 1. The monoisotopic (exact) mass is 296 g/mol. The third-order valence-corrected chi connectivity index (χ3v) is 3.46. The molecule has 2 rings (SSSR count). The summed E-state index contributed by atoms with van der Waals surface area (Å²) < 4.78 is 1.53. The predicted molar refractivity (Wildman–Crippen MR) is 80.2 cm³/mol. The van der Waals surface area contributed by atoms with Crippen LogP contribution in [0.4, 0.5) is 5.69 Å². The fourth-order valence-corrected chi connectivity index (χ4v) is 2.43. The minimum Gasteiger partial charge on any atom is -0.377 e. The molecule has 100 valence electrons. The summed E-state index contributed by atoms with van der Waals surface area (Å²) in [6, 6.07) is 8.71. The highest BCUT2D eigenvalue weighted by molar-refractivity contribution is 6.35. The molecule has 0 saturated heterocycles. The topological polar surface area (TPSA) is 34.0 Å². The Morgan fingerprint density at radius 1 is 1.21 bits per heavy atom. The summed E-state index contributed by atoms with van der Waals surface area (Å²) in [5.41, 5.74) is 1.78. The molecular formula is C14H14Cl2N2O. The highest BCUT2D eigenvalue weighted by Gasteiger charge is 2.10. The van der Waals surface area contributed by atoms with E-state index < -0.39 is 0 Å². The summed E-state index contributed by atoms with van der Waals surface area (Å²) in [5.74, 6) is 0. The molecule has 0 amide bonds. The maximum atomic E-state index is 11.3. The Hall–Kier alpha value is -1.45. The van der Waals surface area contributed by atoms with Crippen molar-refractivity contribution in [3.63, 3.8) is 0 Å². The van der Waals surface area contributed by atoms with E-state index in [4.69, 9.17) is 23.2 Å². The molecule has 0 fully saturated rings. The fraction of sp³-hybridized carbons (Fsp3) is 0.214. The minimum absolute atomic E-state index is 0.0160. The van der Waals surface area contributed by atoms with Crippen LogP contribution < -0.4 is 10.9 Å². The van der Waals surface area contributed by atoms with Gasteiger partial charge in [-0.2, -0.15) is 0 Å². The molecule has 2 aromatic rings. The van der Waals surface area contributed by atoms with E-state index in [0.29, 0.717) is 10.0 Å². The van der Waals surface area contributed by atoms with E-state index in [1.54, 1.807) is 25.4 Å². The molecule has 1 unspecified atom stereocenters. The summed E-state index contributed by atoms with van der Waals surface area (Å²) in [6.07, 6.45) is 1.75. The number of nitrogens with zero attached hydrogens (tertiary/aromatic N) is 1. The van der Waals surface area contributed by atoms with Gasteiger partial charge in [0.1, 0.15) is 0 Å². The summed E-state index contributed by atoms with van der Waals surface area (Å²) in [4.78, 5) is 11.3. The van der Waals surface area contributed by atoms with Gasteiger partial charge < -0.3 is 9.88 Å². The summed E-state index contributed by atoms with van der Waals surface area (Å²) in [5, 5.41) is 4.54. The van der Waals surface area contributed by atoms with Gasteiger partial charge in [-0.05, 0) is 30.7 Å². The number of nitrogens with one attached hydrogen (secondary N) is 1. The van der Waals surface area contributed by atoms with Crippen molar-refractivity contribution in [2.24, 2.45) is 7.05 Å². The van der Waals surface area contributed by atoms with Crippen LogP contribution in [0.15, 0.2) is 41.3 Å². The standard InChI is InChI=1S/C14H14Cl2N2O/c1-9(12-5-3-10(15)7-13(12)16)17-11-4-6-14(19)18(2)8-11/h3-9,17H,1-2H3. The molecule has 19 heavy (non-hydrogen) atoms. The lowest BCUT2D eigenvalue weighted by Gasteiger charge is -2.17. The molecule has 0 bridgehead atoms. The molecule has 1 N–H and O–H groups in total. The van der Waals surface area contributed by atoms with Crippen molar-refractivity contribution in [2.75, 3.05) is 5.32 Å². The molecule has 1 atom stereocenters. The number of anilines is 1. The van der Waals surface area contributed by atoms with Gasteiger partial charge in [-0.15, -0.1) is 0 Å². The molecule has 0 spiro atoms. The van der Waals surface area contributed by atoms with Crippen molar-refractivity contribution in [2.45, 2.75) is 13.0 Å². The van der Waals surface area contributed by atoms with E-state index in [2.05, 4.69) is 5.32 Å². The van der Waals surface area contributed by atoms with Gasteiger partial charge in [0.2, 0.25) is 5.56 Å². The Labute approximate surface area is 121 Å². The summed E-state index contributed by atoms with van der Waals surface area (Å²) in [7, 11) is 1.72. The lowest BCUT2D eigenvalue weighted by atomic mass is 10.1. The van der Waals surface area contributed by atoms with Crippen LogP contribution in [0.25, 0.3) is 0 Å². The molecule has 1 aromatic carbocycles. The maximum Gasteiger partial charge on any atom is 0.250 e. The molecule has 5 heteroatoms. The molecule has 3 nitrogen and oxygen atoms in total. The van der Waals surface area contributed by atoms with Crippen LogP contribution in [0.5, 0.6) is 0 Å². The van der Waals surface area contributed by atoms with Crippen molar-refractivity contribution < 1.29 is 0 Å². The number of rotatable bonds is 3. The number of pyridine rings is 1. The minimum atomic E-state index is -0.0391. The number of hydrogen-bond acceptors (Lipinski definition) is 2. The van der Waals surface area contributed by atoms with Gasteiger partial charge in [0, 0.05) is 29.4 Å². The van der Waals surface area contributed by atoms with E-state index in [9.17, 15) is 4.79 Å². The SMILES string of the molecule is CC(Nc1ccc(=O)n(C)c1)c1ccc(Cl)cc1Cl. The Bertz CT molecular complexity index is 652. The highest BCUT2D eigenvalue weighted by Crippen LogP contribution is 2.28. The van der Waals surface area contributed by atoms with Gasteiger partial charge in [0.05, 0.1) is 11.7 Å². The summed E-state index contributed by atoms with van der Waals surface area (Å²) >= 11 is 12.0. The van der Waals surface area contributed by atoms with Crippen molar-refractivity contribution in [1.29, 1.82) is 0 Å². The fourth-order valence-electron chi connectivity index (χ4n) is 1.86. The van der Waals surface area contributed by atoms with Gasteiger partial charge in [0.15, 0.2) is 0 Å². The maximum absolute atomic E-state index is 11.3. The third-order valence-electron chi connectivity index (χ3n) is 2.90. The number of halogens is 2. The second kappa shape index (κ2) is 5.68. The van der Waals surface area contributed by atoms with Crippen LogP contribution in [-0.2, 0) is 7.05 Å². The highest BCUT2D eigenvalue weighted by atomic mass is 35.5. The van der Waals surface area contributed by atoms with E-state index >= 15 is 0 Å². The van der Waals surface area contributed by atoms with Crippen molar-refractivity contribution in [1.82, 2.24) is 4.57 Å². The smallest absolute Gasteiger partial charge is 0.250 e. The second-order valence-corrected chi connectivity index (χ2v) is 5.24. The third kappa shape index (κ3) is 3.31. The Balaban J connectivity index is 2.22. The molecule has 0 saturated carbocycles. The van der Waals surface area contributed by atoms with Gasteiger partial charge in [-0.1, -0.05) is 29.3 Å². The van der Waals surface area contributed by atoms with E-state index in [1.165, 1.54) is 10.6 Å². The normalized spacial score (nSPS) is 12.2. The van der Waals surface area contributed by atoms with Crippen LogP contribution in [-0.4, -0.2) is 4.57 Å². The first-order valence-corrected chi connectivity index (χ1v) is 6.61. The average molecular weight is 297 g/mol. The van der Waals surface area contributed by atoms with E-state index in [1.807, 2.05) is 19.1 Å². The van der Waals surface area contributed by atoms with Gasteiger partial charge in [-0.25, -0.2) is 0 Å². The largest absolute Gasteiger partial charge is 0.377 e. The van der Waals surface area contributed by atoms with E-state index in [-0.39, 0.29) is 11.6 Å². The summed E-state index contributed by atoms with van der Waals surface area (Å²) in [6.45, 7) is 2.00. The lowest BCUT2D eigenvalue weighted by molar-refractivity contribution is 0.840. The molecule has 0 aliphatic rings. The number of aryl methyl sites for hydroxylation is 1. The Morgan fingerprint density at radius 2 is 1.95 bits per heavy atom. The van der Waals surface area contributed by atoms with Gasteiger partial charge >= 0.3 is 0 Å². The van der Waals surface area contributed by atoms with Crippen LogP contribution in [0.2, 0.25) is 10.0 Å². The van der Waals surface area contributed by atoms with Crippen LogP contribution in [0.1, 0.15) is 18.5 Å². The zero-order valence-electron chi connectivity index (χ0n) is 10.7. The van der Waals surface area contributed by atoms with Crippen molar-refractivity contribution in [3.8, 4) is 0 Å². The van der Waals surface area contributed by atoms with Gasteiger partial charge in [0.25, 0.3) is 0 Å². The molecule has 0 aliphatic carbocycles. The molecule has 0 radical (unpaired) electrons. The van der Waals surface area contributed by atoms with Crippen LogP contribution >= 0.6 is 23.2 Å². The molecule has 1 aromatic heterocycles. The van der Waals surface area contributed by atoms with Gasteiger partial charge in [-0.3, -0.25) is 4.79 Å². The van der Waals surface area contributed by atoms with Crippen LogP contribution in [0.3, 0.4) is 0 Å². The number of aromatic nitrogens is 1. The van der Waals surface area contributed by atoms with Crippen LogP contribution in [0, 0.1) is 0 Å². The molecule has 1 heterocycles. The Kier molecular flexibility index (Phi) is 4.17. The molecule has 0 aliphatic heterocycles. The number of hydrogen-bond donors (Lipinski definition) is 1. The first-order valence-electron chi connectivity index (χ1n) is 5.85. The second-order valence-electron chi connectivity index (χ2n) is 4.40. The molecular weight excluding hydrogens is 283 g/mol. The first kappa shape index (κ1) is 14.0. The first-order chi connectivity index (χ1) is 8.97. The predicted octanol–water partition coefficient (Wildman–Crippen LogP) is 3.87. The Morgan fingerprint density at radius 3 is 2.58 bits per heavy atom. The average Bonchev–Trinajstić information content (AvgIpc) is 2.33. The zero-order chi connectivity index (χ0) is 14.0. The zero-order valence-corrected chi connectivity index (χ0v) is 12.2. The van der Waals surface area contributed by atoms with Crippen molar-refractivity contribution in [3.05, 3.63) is 62.5 Å². The lowest BCUT2D eigenvalue weighted by Crippen LogP contribution is -2.16.